The van der Waals surface area contributed by atoms with Gasteiger partial charge in [0.25, 0.3) is 11.4 Å². The van der Waals surface area contributed by atoms with Crippen LogP contribution in [-0.2, 0) is 15.6 Å². The normalized spacial score (nSPS) is 12.7. The Morgan fingerprint density at radius 1 is 1.22 bits per heavy atom. The number of thioether (sulfide) groups is 1. The van der Waals surface area contributed by atoms with Crippen LogP contribution in [0.5, 0.6) is 0 Å². The molecule has 0 radical (unpaired) electrons. The summed E-state index contributed by atoms with van der Waals surface area (Å²) >= 11 is -0.826. The number of nitro groups is 2. The lowest BCUT2D eigenvalue weighted by molar-refractivity contribution is -0.400. The molecule has 0 spiro atoms. The molecule has 1 aromatic rings. The van der Waals surface area contributed by atoms with E-state index in [9.17, 15) is 42.4 Å². The van der Waals surface area contributed by atoms with Gasteiger partial charge in [-0.05, 0) is 11.8 Å². The van der Waals surface area contributed by atoms with Crippen molar-refractivity contribution < 1.29 is 37.1 Å². The van der Waals surface area contributed by atoms with Crippen molar-refractivity contribution in [2.75, 3.05) is 5.75 Å². The molecule has 0 fully saturated rings. The van der Waals surface area contributed by atoms with Crippen molar-refractivity contribution in [2.24, 2.45) is 0 Å². The minimum Gasteiger partial charge on any atom is -0.481 e. The first-order chi connectivity index (χ1) is 10.4. The lowest BCUT2D eigenvalue weighted by Crippen LogP contribution is -2.13. The van der Waals surface area contributed by atoms with Crippen molar-refractivity contribution in [1.82, 2.24) is 0 Å². The van der Waals surface area contributed by atoms with Crippen molar-refractivity contribution in [3.8, 4) is 0 Å². The molecule has 0 heterocycles. The van der Waals surface area contributed by atoms with Crippen LogP contribution in [0.4, 0.5) is 24.5 Å². The fraction of sp³-hybridized carbons (Fsp3) is 0.222. The summed E-state index contributed by atoms with van der Waals surface area (Å²) in [6.45, 7) is 0. The SMILES string of the molecule is O=C(O)CS(=O)c1c([N+](=O)[O-])cc(SC(F)(F)F)cc1[N+](=O)[O-]. The monoisotopic (exact) mass is 374 g/mol. The number of halogens is 3. The van der Waals surface area contributed by atoms with Crippen LogP contribution in [-0.4, -0.2) is 36.4 Å². The Morgan fingerprint density at radius 2 is 1.65 bits per heavy atom. The standard InChI is InChI=1S/C9H5F3N2O7S2/c10-9(11,12)22-4-1-5(13(17)18)8(6(2-4)14(19)20)23(21)3-7(15)16/h1-2H,3H2,(H,15,16). The molecule has 0 aliphatic carbocycles. The first-order valence-electron chi connectivity index (χ1n) is 5.25. The molecule has 0 aromatic heterocycles. The molecule has 1 atom stereocenters. The molecule has 126 valence electrons. The third kappa shape index (κ3) is 5.17. The molecular formula is C9H5F3N2O7S2. The van der Waals surface area contributed by atoms with E-state index >= 15 is 0 Å². The predicted octanol–water partition coefficient (Wildman–Crippen LogP) is 2.31. The van der Waals surface area contributed by atoms with Crippen LogP contribution in [0.15, 0.2) is 21.9 Å². The highest BCUT2D eigenvalue weighted by Gasteiger charge is 2.36. The Labute approximate surface area is 131 Å². The van der Waals surface area contributed by atoms with Crippen molar-refractivity contribution in [1.29, 1.82) is 0 Å². The highest BCUT2D eigenvalue weighted by atomic mass is 32.2. The number of nitro benzene ring substituents is 2. The highest BCUT2D eigenvalue weighted by Crippen LogP contribution is 2.42. The van der Waals surface area contributed by atoms with Crippen LogP contribution in [0, 0.1) is 20.2 Å². The van der Waals surface area contributed by atoms with Gasteiger partial charge in [0.15, 0.2) is 4.90 Å². The molecule has 1 aromatic carbocycles. The number of nitrogens with zero attached hydrogens (tertiary/aromatic N) is 2. The fourth-order valence-corrected chi connectivity index (χ4v) is 3.17. The van der Waals surface area contributed by atoms with Gasteiger partial charge in [-0.1, -0.05) is 0 Å². The molecule has 1 unspecified atom stereocenters. The number of carbonyl (C=O) groups is 1. The zero-order valence-electron chi connectivity index (χ0n) is 10.6. The second-order valence-corrected chi connectivity index (χ2v) is 6.26. The number of carboxylic acid groups (broad SMARTS) is 1. The molecule has 0 saturated heterocycles. The topological polar surface area (TPSA) is 141 Å². The van der Waals surface area contributed by atoms with Crippen LogP contribution in [0.2, 0.25) is 0 Å². The fourth-order valence-electron chi connectivity index (χ4n) is 1.45. The Morgan fingerprint density at radius 3 is 1.96 bits per heavy atom. The average Bonchev–Trinajstić information content (AvgIpc) is 2.34. The van der Waals surface area contributed by atoms with Crippen LogP contribution in [0.3, 0.4) is 0 Å². The molecule has 0 saturated carbocycles. The third-order valence-electron chi connectivity index (χ3n) is 2.13. The maximum absolute atomic E-state index is 12.3. The second kappa shape index (κ2) is 6.91. The molecule has 1 N–H and O–H groups in total. The van der Waals surface area contributed by atoms with Gasteiger partial charge in [-0.3, -0.25) is 29.2 Å². The zero-order chi connectivity index (χ0) is 17.9. The van der Waals surface area contributed by atoms with Gasteiger partial charge in [0.2, 0.25) is 0 Å². The summed E-state index contributed by atoms with van der Waals surface area (Å²) in [5.41, 5.74) is -7.29. The molecule has 14 heteroatoms. The van der Waals surface area contributed by atoms with E-state index in [-0.39, 0.29) is 0 Å². The quantitative estimate of drug-likeness (QED) is 0.454. The van der Waals surface area contributed by atoms with Gasteiger partial charge in [-0.25, -0.2) is 0 Å². The van der Waals surface area contributed by atoms with E-state index in [0.717, 1.165) is 0 Å². The maximum atomic E-state index is 12.3. The molecule has 0 aliphatic rings. The molecule has 1 rings (SSSR count). The van der Waals surface area contributed by atoms with Gasteiger partial charge < -0.3 is 5.11 Å². The maximum Gasteiger partial charge on any atom is 0.446 e. The Kier molecular flexibility index (Phi) is 5.65. The molecular weight excluding hydrogens is 369 g/mol. The van der Waals surface area contributed by atoms with Gasteiger partial charge in [-0.2, -0.15) is 13.2 Å². The summed E-state index contributed by atoms with van der Waals surface area (Å²) in [4.78, 5) is 27.9. The van der Waals surface area contributed by atoms with E-state index in [1.54, 1.807) is 0 Å². The van der Waals surface area contributed by atoms with Gasteiger partial charge in [0.05, 0.1) is 20.6 Å². The molecule has 0 amide bonds. The summed E-state index contributed by atoms with van der Waals surface area (Å²) in [5, 5.41) is 30.4. The summed E-state index contributed by atoms with van der Waals surface area (Å²) in [7, 11) is -2.68. The number of rotatable bonds is 6. The van der Waals surface area contributed by atoms with Crippen LogP contribution in [0.1, 0.15) is 0 Å². The summed E-state index contributed by atoms with van der Waals surface area (Å²) in [6.07, 6.45) is 0. The summed E-state index contributed by atoms with van der Waals surface area (Å²) in [6, 6.07) is 0.723. The van der Waals surface area contributed by atoms with Crippen molar-refractivity contribution >= 4 is 39.9 Å². The van der Waals surface area contributed by atoms with E-state index in [1.165, 1.54) is 0 Å². The Hall–Kier alpha value is -2.22. The minimum absolute atomic E-state index is 0.361. The van der Waals surface area contributed by atoms with Gasteiger partial charge >= 0.3 is 11.5 Å². The van der Waals surface area contributed by atoms with E-state index < -0.39 is 70.8 Å². The number of alkyl halides is 3. The predicted molar refractivity (Wildman–Crippen MR) is 70.6 cm³/mol. The van der Waals surface area contributed by atoms with E-state index in [0.29, 0.717) is 12.1 Å². The molecule has 9 nitrogen and oxygen atoms in total. The van der Waals surface area contributed by atoms with Gasteiger partial charge in [0.1, 0.15) is 5.75 Å². The lowest BCUT2D eigenvalue weighted by Gasteiger charge is -2.08. The zero-order valence-corrected chi connectivity index (χ0v) is 12.2. The smallest absolute Gasteiger partial charge is 0.446 e. The lowest BCUT2D eigenvalue weighted by atomic mass is 10.3. The summed E-state index contributed by atoms with van der Waals surface area (Å²) < 4.78 is 48.8. The van der Waals surface area contributed by atoms with Crippen molar-refractivity contribution in [2.45, 2.75) is 15.3 Å². The highest BCUT2D eigenvalue weighted by molar-refractivity contribution is 8.00. The molecule has 0 aliphatic heterocycles. The number of benzene rings is 1. The van der Waals surface area contributed by atoms with Crippen LogP contribution < -0.4 is 0 Å². The van der Waals surface area contributed by atoms with Gasteiger partial charge in [0, 0.05) is 17.0 Å². The number of hydrogen-bond donors (Lipinski definition) is 1. The average molecular weight is 374 g/mol. The Balaban J connectivity index is 3.59. The Bertz CT molecular complexity index is 672. The minimum atomic E-state index is -4.86. The van der Waals surface area contributed by atoms with E-state index in [4.69, 9.17) is 5.11 Å². The number of hydrogen-bond acceptors (Lipinski definition) is 7. The first kappa shape index (κ1) is 18.8. The number of aliphatic carboxylic acids is 1. The van der Waals surface area contributed by atoms with Crippen LogP contribution >= 0.6 is 11.8 Å². The largest absolute Gasteiger partial charge is 0.481 e. The van der Waals surface area contributed by atoms with E-state index in [1.807, 2.05) is 0 Å². The number of carboxylic acids is 1. The second-order valence-electron chi connectivity index (χ2n) is 3.74. The van der Waals surface area contributed by atoms with E-state index in [2.05, 4.69) is 0 Å². The molecule has 23 heavy (non-hydrogen) atoms. The summed E-state index contributed by atoms with van der Waals surface area (Å²) in [5.74, 6) is -2.83. The van der Waals surface area contributed by atoms with Gasteiger partial charge in [-0.15, -0.1) is 0 Å². The molecule has 0 bridgehead atoms. The first-order valence-corrected chi connectivity index (χ1v) is 7.38. The van der Waals surface area contributed by atoms with Crippen LogP contribution in [0.25, 0.3) is 0 Å². The van der Waals surface area contributed by atoms with Crippen molar-refractivity contribution in [3.05, 3.63) is 32.4 Å². The van der Waals surface area contributed by atoms with Crippen molar-refractivity contribution in [3.63, 3.8) is 0 Å². The third-order valence-corrected chi connectivity index (χ3v) is 4.22.